The summed E-state index contributed by atoms with van der Waals surface area (Å²) in [4.78, 5) is 14.7. The monoisotopic (exact) mass is 325 g/mol. The first-order valence-corrected chi connectivity index (χ1v) is 9.29. The van der Waals surface area contributed by atoms with E-state index in [1.807, 2.05) is 31.2 Å². The minimum atomic E-state index is 0.0220. The molecule has 0 unspecified atom stereocenters. The molecule has 1 amide bonds. The number of amides is 1. The van der Waals surface area contributed by atoms with E-state index >= 15 is 0 Å². The lowest BCUT2D eigenvalue weighted by Gasteiger charge is -2.42. The van der Waals surface area contributed by atoms with Crippen molar-refractivity contribution in [3.8, 4) is 0 Å². The van der Waals surface area contributed by atoms with Crippen LogP contribution in [0.1, 0.15) is 24.5 Å². The highest BCUT2D eigenvalue weighted by atomic mass is 32.2. The van der Waals surface area contributed by atoms with Crippen molar-refractivity contribution in [2.75, 3.05) is 6.54 Å². The van der Waals surface area contributed by atoms with E-state index in [0.717, 1.165) is 25.1 Å². The number of likely N-dealkylation sites (tertiary alicyclic amines) is 1. The first-order valence-electron chi connectivity index (χ1n) is 8.24. The molecule has 1 heterocycles. The largest absolute Gasteiger partial charge is 0.338 e. The Morgan fingerprint density at radius 3 is 2.26 bits per heavy atom. The Hall–Kier alpha value is -1.74. The van der Waals surface area contributed by atoms with Gasteiger partial charge in [-0.25, -0.2) is 0 Å². The maximum Gasteiger partial charge on any atom is 0.235 e. The molecule has 1 fully saturated rings. The van der Waals surface area contributed by atoms with Crippen molar-refractivity contribution in [2.45, 2.75) is 36.8 Å². The van der Waals surface area contributed by atoms with Crippen molar-refractivity contribution >= 4 is 17.7 Å². The van der Waals surface area contributed by atoms with E-state index in [1.165, 1.54) is 11.1 Å². The van der Waals surface area contributed by atoms with Crippen molar-refractivity contribution in [1.29, 1.82) is 0 Å². The molecule has 2 aromatic rings. The molecule has 3 heteroatoms. The molecule has 3 rings (SSSR count). The van der Waals surface area contributed by atoms with E-state index in [2.05, 4.69) is 41.3 Å². The standard InChI is InChI=1S/C20H23NOS/c1-16(23-15-18-10-6-3-7-11-18)20(22)21-13-12-19(21)14-17-8-4-2-5-9-17/h2-11,16,19H,12-15H2,1H3/t16-,19+/m1/s1. The highest BCUT2D eigenvalue weighted by Gasteiger charge is 2.34. The lowest BCUT2D eigenvalue weighted by molar-refractivity contribution is -0.137. The third-order valence-corrected chi connectivity index (χ3v) is 5.63. The number of benzene rings is 2. The van der Waals surface area contributed by atoms with Gasteiger partial charge in [-0.15, -0.1) is 11.8 Å². The third-order valence-electron chi connectivity index (χ3n) is 4.43. The number of carbonyl (C=O) groups is 1. The summed E-state index contributed by atoms with van der Waals surface area (Å²) in [5.74, 6) is 1.18. The van der Waals surface area contributed by atoms with Gasteiger partial charge in [-0.1, -0.05) is 60.7 Å². The molecule has 2 aromatic carbocycles. The molecule has 0 spiro atoms. The Kier molecular flexibility index (Phi) is 5.39. The van der Waals surface area contributed by atoms with Crippen molar-refractivity contribution in [1.82, 2.24) is 4.90 Å². The van der Waals surface area contributed by atoms with E-state index in [1.54, 1.807) is 11.8 Å². The Morgan fingerprint density at radius 1 is 1.09 bits per heavy atom. The SMILES string of the molecule is C[C@@H](SCc1ccccc1)C(=O)N1CC[C@H]1Cc1ccccc1. The highest BCUT2D eigenvalue weighted by molar-refractivity contribution is 7.99. The van der Waals surface area contributed by atoms with Crippen LogP contribution in [0.25, 0.3) is 0 Å². The summed E-state index contributed by atoms with van der Waals surface area (Å²) in [6, 6.07) is 21.2. The van der Waals surface area contributed by atoms with Crippen LogP contribution in [0.4, 0.5) is 0 Å². The Morgan fingerprint density at radius 2 is 1.70 bits per heavy atom. The van der Waals surface area contributed by atoms with Gasteiger partial charge < -0.3 is 4.90 Å². The summed E-state index contributed by atoms with van der Waals surface area (Å²) in [5, 5.41) is 0.0220. The average Bonchev–Trinajstić information content (AvgIpc) is 2.58. The van der Waals surface area contributed by atoms with Gasteiger partial charge in [0.1, 0.15) is 0 Å². The molecule has 1 aliphatic heterocycles. The smallest absolute Gasteiger partial charge is 0.235 e. The topological polar surface area (TPSA) is 20.3 Å². The molecule has 2 nitrogen and oxygen atoms in total. The van der Waals surface area contributed by atoms with Gasteiger partial charge in [0, 0.05) is 18.3 Å². The maximum atomic E-state index is 12.7. The maximum absolute atomic E-state index is 12.7. The summed E-state index contributed by atoms with van der Waals surface area (Å²) >= 11 is 1.73. The molecule has 1 saturated heterocycles. The molecule has 120 valence electrons. The van der Waals surface area contributed by atoms with Gasteiger partial charge in [0.15, 0.2) is 0 Å². The van der Waals surface area contributed by atoms with Crippen LogP contribution in [-0.2, 0) is 17.0 Å². The molecule has 0 N–H and O–H groups in total. The van der Waals surface area contributed by atoms with Gasteiger partial charge in [0.25, 0.3) is 0 Å². The van der Waals surface area contributed by atoms with Gasteiger partial charge in [-0.05, 0) is 30.9 Å². The van der Waals surface area contributed by atoms with Crippen LogP contribution in [0.15, 0.2) is 60.7 Å². The van der Waals surface area contributed by atoms with Crippen LogP contribution in [0.5, 0.6) is 0 Å². The molecule has 0 bridgehead atoms. The molecule has 2 atom stereocenters. The minimum Gasteiger partial charge on any atom is -0.338 e. The second-order valence-electron chi connectivity index (χ2n) is 6.10. The van der Waals surface area contributed by atoms with E-state index in [4.69, 9.17) is 0 Å². The summed E-state index contributed by atoms with van der Waals surface area (Å²) < 4.78 is 0. The molecule has 23 heavy (non-hydrogen) atoms. The van der Waals surface area contributed by atoms with E-state index in [0.29, 0.717) is 6.04 Å². The van der Waals surface area contributed by atoms with E-state index in [9.17, 15) is 4.79 Å². The third kappa shape index (κ3) is 4.17. The molecule has 0 aliphatic carbocycles. The average molecular weight is 325 g/mol. The van der Waals surface area contributed by atoms with Crippen LogP contribution in [-0.4, -0.2) is 28.6 Å². The van der Waals surface area contributed by atoms with Gasteiger partial charge in [-0.2, -0.15) is 0 Å². The number of rotatable bonds is 6. The van der Waals surface area contributed by atoms with Gasteiger partial charge in [0.05, 0.1) is 5.25 Å². The van der Waals surface area contributed by atoms with Crippen LogP contribution in [0, 0.1) is 0 Å². The number of carbonyl (C=O) groups excluding carboxylic acids is 1. The number of hydrogen-bond acceptors (Lipinski definition) is 2. The number of hydrogen-bond donors (Lipinski definition) is 0. The zero-order valence-corrected chi connectivity index (χ0v) is 14.3. The lowest BCUT2D eigenvalue weighted by Crippen LogP contribution is -2.54. The molecular weight excluding hydrogens is 302 g/mol. The van der Waals surface area contributed by atoms with E-state index < -0.39 is 0 Å². The Bertz CT molecular complexity index is 629. The van der Waals surface area contributed by atoms with Crippen LogP contribution in [0.3, 0.4) is 0 Å². The van der Waals surface area contributed by atoms with Crippen molar-refractivity contribution in [3.63, 3.8) is 0 Å². The summed E-state index contributed by atoms with van der Waals surface area (Å²) in [6.45, 7) is 2.94. The first-order chi connectivity index (χ1) is 11.2. The highest BCUT2D eigenvalue weighted by Crippen LogP contribution is 2.26. The van der Waals surface area contributed by atoms with Gasteiger partial charge in [-0.3, -0.25) is 4.79 Å². The van der Waals surface area contributed by atoms with Crippen molar-refractivity contribution in [3.05, 3.63) is 71.8 Å². The predicted molar refractivity (Wildman–Crippen MR) is 97.5 cm³/mol. The molecule has 1 aliphatic rings. The molecule has 0 radical (unpaired) electrons. The second kappa shape index (κ2) is 7.69. The van der Waals surface area contributed by atoms with Crippen molar-refractivity contribution in [2.24, 2.45) is 0 Å². The molecule has 0 aromatic heterocycles. The zero-order chi connectivity index (χ0) is 16.1. The quantitative estimate of drug-likeness (QED) is 0.795. The van der Waals surface area contributed by atoms with Crippen molar-refractivity contribution < 1.29 is 4.79 Å². The second-order valence-corrected chi connectivity index (χ2v) is 7.43. The Labute approximate surface area is 142 Å². The van der Waals surface area contributed by atoms with Crippen LogP contribution >= 0.6 is 11.8 Å². The molecule has 0 saturated carbocycles. The number of thioether (sulfide) groups is 1. The fourth-order valence-corrected chi connectivity index (χ4v) is 3.84. The zero-order valence-electron chi connectivity index (χ0n) is 13.5. The minimum absolute atomic E-state index is 0.0220. The summed E-state index contributed by atoms with van der Waals surface area (Å²) in [5.41, 5.74) is 2.60. The fraction of sp³-hybridized carbons (Fsp3) is 0.350. The van der Waals surface area contributed by atoms with Gasteiger partial charge >= 0.3 is 0 Å². The number of nitrogens with zero attached hydrogens (tertiary/aromatic N) is 1. The van der Waals surface area contributed by atoms with E-state index in [-0.39, 0.29) is 11.2 Å². The van der Waals surface area contributed by atoms with Gasteiger partial charge in [0.2, 0.25) is 5.91 Å². The Balaban J connectivity index is 1.51. The van der Waals surface area contributed by atoms with Crippen LogP contribution in [0.2, 0.25) is 0 Å². The normalized spacial score (nSPS) is 18.3. The predicted octanol–water partition coefficient (Wildman–Crippen LogP) is 4.15. The summed E-state index contributed by atoms with van der Waals surface area (Å²) in [6.07, 6.45) is 2.10. The van der Waals surface area contributed by atoms with Crippen LogP contribution < -0.4 is 0 Å². The lowest BCUT2D eigenvalue weighted by atomic mass is 9.95. The first kappa shape index (κ1) is 16.1. The fourth-order valence-electron chi connectivity index (χ4n) is 2.93. The summed E-state index contributed by atoms with van der Waals surface area (Å²) in [7, 11) is 0. The molecular formula is C20H23NOS.